The van der Waals surface area contributed by atoms with Gasteiger partial charge in [-0.1, -0.05) is 12.1 Å². The van der Waals surface area contributed by atoms with E-state index in [9.17, 15) is 4.79 Å². The highest BCUT2D eigenvalue weighted by molar-refractivity contribution is 5.96. The number of fused-ring (bicyclic) bond motifs is 1. The van der Waals surface area contributed by atoms with Crippen molar-refractivity contribution in [2.45, 2.75) is 25.8 Å². The second kappa shape index (κ2) is 5.31. The normalized spacial score (nSPS) is 22.7. The zero-order valence-corrected chi connectivity index (χ0v) is 11.2. The van der Waals surface area contributed by atoms with Crippen LogP contribution >= 0.6 is 0 Å². The summed E-state index contributed by atoms with van der Waals surface area (Å²) in [6.07, 6.45) is 2.64. The second-order valence-electron chi connectivity index (χ2n) is 5.53. The number of hydrogen-bond acceptors (Lipinski definition) is 3. The first-order valence-corrected chi connectivity index (χ1v) is 7.11. The number of amides is 1. The molecule has 4 heteroatoms. The van der Waals surface area contributed by atoms with Crippen molar-refractivity contribution in [3.8, 4) is 0 Å². The lowest BCUT2D eigenvalue weighted by Crippen LogP contribution is -2.39. The van der Waals surface area contributed by atoms with Crippen molar-refractivity contribution >= 4 is 11.6 Å². The van der Waals surface area contributed by atoms with Crippen LogP contribution in [0.4, 0.5) is 5.69 Å². The molecule has 1 unspecified atom stereocenters. The highest BCUT2D eigenvalue weighted by Gasteiger charge is 2.27. The van der Waals surface area contributed by atoms with Crippen molar-refractivity contribution in [3.05, 3.63) is 29.3 Å². The van der Waals surface area contributed by atoms with Crippen LogP contribution in [0.2, 0.25) is 0 Å². The van der Waals surface area contributed by atoms with E-state index in [1.54, 1.807) is 0 Å². The molecule has 0 bridgehead atoms. The summed E-state index contributed by atoms with van der Waals surface area (Å²) in [4.78, 5) is 14.2. The van der Waals surface area contributed by atoms with Gasteiger partial charge in [-0.2, -0.15) is 0 Å². The average molecular weight is 259 g/mol. The van der Waals surface area contributed by atoms with Gasteiger partial charge in [0.05, 0.1) is 0 Å². The molecule has 1 amide bonds. The molecule has 1 fully saturated rings. The first-order chi connectivity index (χ1) is 9.28. The highest BCUT2D eigenvalue weighted by Crippen LogP contribution is 2.30. The van der Waals surface area contributed by atoms with Crippen LogP contribution in [0.3, 0.4) is 0 Å². The molecule has 19 heavy (non-hydrogen) atoms. The first-order valence-electron chi connectivity index (χ1n) is 7.11. The summed E-state index contributed by atoms with van der Waals surface area (Å²) in [6.45, 7) is 3.51. The number of benzene rings is 1. The molecule has 102 valence electrons. The van der Waals surface area contributed by atoms with Crippen molar-refractivity contribution in [1.82, 2.24) is 5.32 Å². The molecule has 3 N–H and O–H groups in total. The van der Waals surface area contributed by atoms with Gasteiger partial charge in [-0.3, -0.25) is 4.79 Å². The predicted molar refractivity (Wildman–Crippen MR) is 76.0 cm³/mol. The number of nitrogens with zero attached hydrogens (tertiary/aromatic N) is 1. The summed E-state index contributed by atoms with van der Waals surface area (Å²) in [5.41, 5.74) is 9.21. The minimum absolute atomic E-state index is 0.264. The summed E-state index contributed by atoms with van der Waals surface area (Å²) >= 11 is 0. The number of nitrogens with two attached hydrogens (primary N) is 1. The van der Waals surface area contributed by atoms with Gasteiger partial charge >= 0.3 is 0 Å². The third-order valence-electron chi connectivity index (χ3n) is 4.18. The van der Waals surface area contributed by atoms with Crippen LogP contribution in [0, 0.1) is 5.92 Å². The molecule has 2 heterocycles. The highest BCUT2D eigenvalue weighted by atomic mass is 16.2. The maximum absolute atomic E-state index is 12.2. The van der Waals surface area contributed by atoms with E-state index in [2.05, 4.69) is 17.4 Å². The number of aryl methyl sites for hydroxylation is 1. The Morgan fingerprint density at radius 1 is 1.37 bits per heavy atom. The summed E-state index contributed by atoms with van der Waals surface area (Å²) in [6, 6.07) is 6.26. The zero-order valence-electron chi connectivity index (χ0n) is 11.2. The van der Waals surface area contributed by atoms with Crippen LogP contribution in [0.5, 0.6) is 0 Å². The van der Waals surface area contributed by atoms with Crippen molar-refractivity contribution in [2.24, 2.45) is 11.7 Å². The molecule has 2 aliphatic heterocycles. The van der Waals surface area contributed by atoms with Crippen molar-refractivity contribution in [2.75, 3.05) is 24.5 Å². The van der Waals surface area contributed by atoms with Gasteiger partial charge in [0.15, 0.2) is 0 Å². The molecule has 4 nitrogen and oxygen atoms in total. The van der Waals surface area contributed by atoms with Crippen molar-refractivity contribution in [1.29, 1.82) is 0 Å². The van der Waals surface area contributed by atoms with Gasteiger partial charge in [-0.15, -0.1) is 0 Å². The molecule has 0 radical (unpaired) electrons. The molecule has 0 spiro atoms. The van der Waals surface area contributed by atoms with Gasteiger partial charge in [-0.25, -0.2) is 0 Å². The Bertz CT molecular complexity index is 480. The van der Waals surface area contributed by atoms with Gasteiger partial charge in [0.25, 0.3) is 0 Å². The monoisotopic (exact) mass is 259 g/mol. The fourth-order valence-corrected chi connectivity index (χ4v) is 3.07. The van der Waals surface area contributed by atoms with Gasteiger partial charge in [0.1, 0.15) is 0 Å². The van der Waals surface area contributed by atoms with Crippen LogP contribution in [0.15, 0.2) is 18.2 Å². The van der Waals surface area contributed by atoms with Crippen LogP contribution in [0.25, 0.3) is 0 Å². The number of hydrogen-bond donors (Lipinski definition) is 2. The van der Waals surface area contributed by atoms with E-state index >= 15 is 0 Å². The van der Waals surface area contributed by atoms with E-state index in [-0.39, 0.29) is 5.91 Å². The second-order valence-corrected chi connectivity index (χ2v) is 5.53. The lowest BCUT2D eigenvalue weighted by atomic mass is 9.97. The van der Waals surface area contributed by atoms with E-state index in [0.717, 1.165) is 37.3 Å². The Hall–Kier alpha value is -1.39. The van der Waals surface area contributed by atoms with Gasteiger partial charge in [0, 0.05) is 25.2 Å². The summed E-state index contributed by atoms with van der Waals surface area (Å²) in [5.74, 6) is 0.851. The molecule has 0 aromatic heterocycles. The van der Waals surface area contributed by atoms with Crippen molar-refractivity contribution < 1.29 is 4.79 Å². The molecule has 1 aromatic carbocycles. The molecule has 1 atom stereocenters. The van der Waals surface area contributed by atoms with Crippen LogP contribution in [-0.2, 0) is 17.8 Å². The number of anilines is 1. The molecule has 3 rings (SSSR count). The Morgan fingerprint density at radius 3 is 3.00 bits per heavy atom. The maximum atomic E-state index is 12.2. The Morgan fingerprint density at radius 2 is 2.26 bits per heavy atom. The zero-order chi connectivity index (χ0) is 13.2. The van der Waals surface area contributed by atoms with Crippen molar-refractivity contribution in [3.63, 3.8) is 0 Å². The molecule has 0 saturated carbocycles. The van der Waals surface area contributed by atoms with E-state index in [4.69, 9.17) is 5.73 Å². The number of carbonyl (C=O) groups is 1. The van der Waals surface area contributed by atoms with Crippen LogP contribution in [0.1, 0.15) is 24.0 Å². The standard InChI is InChI=1S/C15H21N3O/c16-8-11-1-3-14-13(7-11)2-4-15(19)18(14)10-12-5-6-17-9-12/h1,3,7,12,17H,2,4-6,8-10,16H2. The topological polar surface area (TPSA) is 58.4 Å². The van der Waals surface area contributed by atoms with Gasteiger partial charge in [-0.05, 0) is 49.0 Å². The molecule has 1 aromatic rings. The number of carbonyl (C=O) groups excluding carboxylic acids is 1. The Balaban J connectivity index is 1.85. The van der Waals surface area contributed by atoms with Crippen LogP contribution < -0.4 is 16.0 Å². The third-order valence-corrected chi connectivity index (χ3v) is 4.18. The molecular weight excluding hydrogens is 238 g/mol. The number of rotatable bonds is 3. The summed E-state index contributed by atoms with van der Waals surface area (Å²) in [7, 11) is 0. The average Bonchev–Trinajstić information content (AvgIpc) is 2.94. The summed E-state index contributed by atoms with van der Waals surface area (Å²) in [5, 5.41) is 3.36. The third kappa shape index (κ3) is 2.51. The largest absolute Gasteiger partial charge is 0.326 e. The fraction of sp³-hybridized carbons (Fsp3) is 0.533. The number of nitrogens with one attached hydrogen (secondary N) is 1. The van der Waals surface area contributed by atoms with E-state index in [1.165, 1.54) is 12.0 Å². The predicted octanol–water partition coefficient (Wildman–Crippen LogP) is 1.03. The summed E-state index contributed by atoms with van der Waals surface area (Å²) < 4.78 is 0. The quantitative estimate of drug-likeness (QED) is 0.852. The Labute approximate surface area is 114 Å². The first kappa shape index (κ1) is 12.6. The minimum atomic E-state index is 0.264. The molecular formula is C15H21N3O. The molecule has 1 saturated heterocycles. The lowest BCUT2D eigenvalue weighted by Gasteiger charge is -2.31. The van der Waals surface area contributed by atoms with E-state index in [1.807, 2.05) is 11.0 Å². The minimum Gasteiger partial charge on any atom is -0.326 e. The Kier molecular flexibility index (Phi) is 3.53. The lowest BCUT2D eigenvalue weighted by molar-refractivity contribution is -0.119. The fourth-order valence-electron chi connectivity index (χ4n) is 3.07. The van der Waals surface area contributed by atoms with Gasteiger partial charge in [0.2, 0.25) is 5.91 Å². The smallest absolute Gasteiger partial charge is 0.227 e. The van der Waals surface area contributed by atoms with Crippen LogP contribution in [-0.4, -0.2) is 25.5 Å². The van der Waals surface area contributed by atoms with E-state index in [0.29, 0.717) is 18.9 Å². The van der Waals surface area contributed by atoms with E-state index < -0.39 is 0 Å². The van der Waals surface area contributed by atoms with Gasteiger partial charge < -0.3 is 16.0 Å². The molecule has 0 aliphatic carbocycles. The SMILES string of the molecule is NCc1ccc2c(c1)CCC(=O)N2CC1CCNC1. The maximum Gasteiger partial charge on any atom is 0.227 e. The molecule has 2 aliphatic rings.